The number of nitrogens with one attached hydrogen (secondary N) is 1. The first-order chi connectivity index (χ1) is 6.36. The van der Waals surface area contributed by atoms with E-state index in [4.69, 9.17) is 4.42 Å². The van der Waals surface area contributed by atoms with Gasteiger partial charge in [-0.3, -0.25) is 4.21 Å². The average molecular weight is 199 g/mol. The van der Waals surface area contributed by atoms with Crippen molar-refractivity contribution in [3.63, 3.8) is 0 Å². The van der Waals surface area contributed by atoms with E-state index in [1.165, 1.54) is 0 Å². The Morgan fingerprint density at radius 2 is 2.54 bits per heavy atom. The first-order valence-electron chi connectivity index (χ1n) is 4.48. The number of furan rings is 1. The number of rotatable bonds is 1. The van der Waals surface area contributed by atoms with Crippen molar-refractivity contribution in [1.82, 2.24) is 5.32 Å². The van der Waals surface area contributed by atoms with Crippen LogP contribution in [0.5, 0.6) is 0 Å². The molecule has 1 aromatic rings. The lowest BCUT2D eigenvalue weighted by molar-refractivity contribution is 0.437. The monoisotopic (exact) mass is 199 g/mol. The van der Waals surface area contributed by atoms with Crippen LogP contribution in [0, 0.1) is 0 Å². The Morgan fingerprint density at radius 1 is 1.62 bits per heavy atom. The van der Waals surface area contributed by atoms with Crippen LogP contribution in [0.1, 0.15) is 18.2 Å². The van der Waals surface area contributed by atoms with Crippen molar-refractivity contribution in [2.45, 2.75) is 12.5 Å². The summed E-state index contributed by atoms with van der Waals surface area (Å²) in [7, 11) is -0.695. The molecule has 2 atom stereocenters. The van der Waals surface area contributed by atoms with Crippen LogP contribution in [0.25, 0.3) is 0 Å². The summed E-state index contributed by atoms with van der Waals surface area (Å²) in [6.45, 7) is 0.928. The molecule has 2 heterocycles. The second-order valence-corrected chi connectivity index (χ2v) is 4.81. The summed E-state index contributed by atoms with van der Waals surface area (Å²) in [5, 5.41) is 3.33. The predicted octanol–water partition coefficient (Wildman–Crippen LogP) is 1.06. The molecule has 1 aromatic heterocycles. The van der Waals surface area contributed by atoms with Gasteiger partial charge in [0, 0.05) is 22.3 Å². The van der Waals surface area contributed by atoms with Gasteiger partial charge in [-0.25, -0.2) is 0 Å². The van der Waals surface area contributed by atoms with Gasteiger partial charge in [0.1, 0.15) is 5.76 Å². The lowest BCUT2D eigenvalue weighted by Crippen LogP contribution is -2.23. The Bertz CT molecular complexity index is 284. The lowest BCUT2D eigenvalue weighted by atomic mass is 10.2. The van der Waals surface area contributed by atoms with Gasteiger partial charge in [0.2, 0.25) is 0 Å². The zero-order valence-electron chi connectivity index (χ0n) is 7.36. The third-order valence-electron chi connectivity index (χ3n) is 2.18. The maximum atomic E-state index is 11.4. The average Bonchev–Trinajstić information content (AvgIpc) is 2.56. The SMILES string of the molecule is O=S1CCCNC(c2ccco2)C1. The van der Waals surface area contributed by atoms with Crippen molar-refractivity contribution < 1.29 is 8.63 Å². The van der Waals surface area contributed by atoms with Gasteiger partial charge in [-0.05, 0) is 25.1 Å². The summed E-state index contributed by atoms with van der Waals surface area (Å²) in [5.74, 6) is 2.38. The second-order valence-electron chi connectivity index (χ2n) is 3.19. The topological polar surface area (TPSA) is 42.2 Å². The molecule has 0 aliphatic carbocycles. The van der Waals surface area contributed by atoms with Crippen molar-refractivity contribution in [1.29, 1.82) is 0 Å². The summed E-state index contributed by atoms with van der Waals surface area (Å²) in [6, 6.07) is 3.93. The van der Waals surface area contributed by atoms with E-state index in [0.29, 0.717) is 5.75 Å². The maximum absolute atomic E-state index is 11.4. The summed E-state index contributed by atoms with van der Waals surface area (Å²) in [5.41, 5.74) is 0. The van der Waals surface area contributed by atoms with E-state index < -0.39 is 10.8 Å². The number of hydrogen-bond acceptors (Lipinski definition) is 3. The van der Waals surface area contributed by atoms with Crippen LogP contribution >= 0.6 is 0 Å². The normalized spacial score (nSPS) is 29.8. The molecule has 0 saturated carbocycles. The van der Waals surface area contributed by atoms with E-state index >= 15 is 0 Å². The van der Waals surface area contributed by atoms with Gasteiger partial charge in [-0.15, -0.1) is 0 Å². The zero-order valence-corrected chi connectivity index (χ0v) is 8.18. The summed E-state index contributed by atoms with van der Waals surface area (Å²) >= 11 is 0. The minimum atomic E-state index is -0.695. The Kier molecular flexibility index (Phi) is 2.80. The molecule has 0 radical (unpaired) electrons. The highest BCUT2D eigenvalue weighted by atomic mass is 32.2. The van der Waals surface area contributed by atoms with Crippen molar-refractivity contribution in [3.8, 4) is 0 Å². The molecule has 3 nitrogen and oxygen atoms in total. The van der Waals surface area contributed by atoms with Gasteiger partial charge < -0.3 is 9.73 Å². The fourth-order valence-electron chi connectivity index (χ4n) is 1.51. The molecule has 0 spiro atoms. The molecular weight excluding hydrogens is 186 g/mol. The fourth-order valence-corrected chi connectivity index (χ4v) is 2.80. The summed E-state index contributed by atoms with van der Waals surface area (Å²) < 4.78 is 16.7. The van der Waals surface area contributed by atoms with Crippen molar-refractivity contribution >= 4 is 10.8 Å². The molecule has 0 amide bonds. The molecule has 2 rings (SSSR count). The summed E-state index contributed by atoms with van der Waals surface area (Å²) in [4.78, 5) is 0. The highest BCUT2D eigenvalue weighted by molar-refractivity contribution is 7.85. The van der Waals surface area contributed by atoms with Crippen LogP contribution in [-0.4, -0.2) is 22.3 Å². The molecule has 1 aliphatic rings. The van der Waals surface area contributed by atoms with Crippen LogP contribution in [0.2, 0.25) is 0 Å². The molecule has 0 aromatic carbocycles. The largest absolute Gasteiger partial charge is 0.468 e. The van der Waals surface area contributed by atoms with Gasteiger partial charge in [-0.2, -0.15) is 0 Å². The molecule has 72 valence electrons. The van der Waals surface area contributed by atoms with Crippen LogP contribution in [0.15, 0.2) is 22.8 Å². The van der Waals surface area contributed by atoms with Crippen LogP contribution in [0.3, 0.4) is 0 Å². The Labute approximate surface area is 80.0 Å². The van der Waals surface area contributed by atoms with Crippen molar-refractivity contribution in [2.24, 2.45) is 0 Å². The molecule has 1 fully saturated rings. The van der Waals surface area contributed by atoms with Crippen LogP contribution in [-0.2, 0) is 10.8 Å². The second kappa shape index (κ2) is 4.07. The van der Waals surface area contributed by atoms with Gasteiger partial charge in [-0.1, -0.05) is 0 Å². The van der Waals surface area contributed by atoms with Gasteiger partial charge in [0.25, 0.3) is 0 Å². The van der Waals surface area contributed by atoms with E-state index in [9.17, 15) is 4.21 Å². The van der Waals surface area contributed by atoms with Gasteiger partial charge >= 0.3 is 0 Å². The third-order valence-corrected chi connectivity index (χ3v) is 3.63. The van der Waals surface area contributed by atoms with E-state index in [1.807, 2.05) is 12.1 Å². The van der Waals surface area contributed by atoms with Crippen molar-refractivity contribution in [2.75, 3.05) is 18.1 Å². The molecular formula is C9H13NO2S. The standard InChI is InChI=1S/C9H13NO2S/c11-13-6-2-4-10-8(7-13)9-3-1-5-12-9/h1,3,5,8,10H,2,4,6-7H2. The molecule has 1 aliphatic heterocycles. The van der Waals surface area contributed by atoms with E-state index in [1.54, 1.807) is 6.26 Å². The lowest BCUT2D eigenvalue weighted by Gasteiger charge is -2.11. The molecule has 0 bridgehead atoms. The van der Waals surface area contributed by atoms with Crippen LogP contribution in [0.4, 0.5) is 0 Å². The quantitative estimate of drug-likeness (QED) is 0.735. The fraction of sp³-hybridized carbons (Fsp3) is 0.556. The van der Waals surface area contributed by atoms with E-state index in [-0.39, 0.29) is 6.04 Å². The highest BCUT2D eigenvalue weighted by Gasteiger charge is 2.19. The Balaban J connectivity index is 2.09. The predicted molar refractivity (Wildman–Crippen MR) is 51.9 cm³/mol. The first-order valence-corrected chi connectivity index (χ1v) is 5.97. The molecule has 1 saturated heterocycles. The molecule has 4 heteroatoms. The molecule has 13 heavy (non-hydrogen) atoms. The zero-order chi connectivity index (χ0) is 9.10. The Hall–Kier alpha value is -0.610. The molecule has 2 unspecified atom stereocenters. The third kappa shape index (κ3) is 2.19. The van der Waals surface area contributed by atoms with Crippen molar-refractivity contribution in [3.05, 3.63) is 24.2 Å². The van der Waals surface area contributed by atoms with Gasteiger partial charge in [0.05, 0.1) is 12.3 Å². The maximum Gasteiger partial charge on any atom is 0.121 e. The number of hydrogen-bond donors (Lipinski definition) is 1. The summed E-state index contributed by atoms with van der Waals surface area (Å²) in [6.07, 6.45) is 2.65. The Morgan fingerprint density at radius 3 is 3.31 bits per heavy atom. The first kappa shape index (κ1) is 8.97. The van der Waals surface area contributed by atoms with E-state index in [2.05, 4.69) is 5.32 Å². The minimum Gasteiger partial charge on any atom is -0.468 e. The van der Waals surface area contributed by atoms with Gasteiger partial charge in [0.15, 0.2) is 0 Å². The van der Waals surface area contributed by atoms with Crippen LogP contribution < -0.4 is 5.32 Å². The van der Waals surface area contributed by atoms with E-state index in [0.717, 1.165) is 24.5 Å². The highest BCUT2D eigenvalue weighted by Crippen LogP contribution is 2.16. The molecule has 1 N–H and O–H groups in total. The minimum absolute atomic E-state index is 0.137. The smallest absolute Gasteiger partial charge is 0.121 e.